The molecule has 0 radical (unpaired) electrons. The quantitative estimate of drug-likeness (QED) is 0.520. The molecular weight excluding hydrogens is 205 g/mol. The van der Waals surface area contributed by atoms with Crippen LogP contribution in [-0.4, -0.2) is 30.4 Å². The van der Waals surface area contributed by atoms with Crippen LogP contribution in [0.1, 0.15) is 12.8 Å². The van der Waals surface area contributed by atoms with E-state index in [4.69, 9.17) is 23.2 Å². The lowest BCUT2D eigenvalue weighted by atomic mass is 10.2. The number of hydrogen-bond donors (Lipinski definition) is 0. The van der Waals surface area contributed by atoms with Crippen LogP contribution in [0.2, 0.25) is 0 Å². The zero-order chi connectivity index (χ0) is 9.52. The standard InChI is InChI=1S/C10H15Cl2N/c11-5-3-10(4-6-12)9-13-7-1-2-8-13/h3-5H,1-2,6-9H2/b5-3+,10-4+. The third-order valence-corrected chi connectivity index (χ3v) is 2.50. The lowest BCUT2D eigenvalue weighted by Crippen LogP contribution is -2.21. The predicted octanol–water partition coefficient (Wildman–Crippen LogP) is 3.00. The van der Waals surface area contributed by atoms with Gasteiger partial charge in [-0.25, -0.2) is 0 Å². The molecule has 3 heteroatoms. The summed E-state index contributed by atoms with van der Waals surface area (Å²) in [5.41, 5.74) is 2.76. The number of rotatable bonds is 4. The first kappa shape index (κ1) is 11.1. The summed E-state index contributed by atoms with van der Waals surface area (Å²) in [5, 5.41) is 0. The molecule has 0 aromatic rings. The lowest BCUT2D eigenvalue weighted by molar-refractivity contribution is 0.371. The highest BCUT2D eigenvalue weighted by Gasteiger charge is 2.11. The van der Waals surface area contributed by atoms with Crippen LogP contribution in [-0.2, 0) is 0 Å². The summed E-state index contributed by atoms with van der Waals surface area (Å²) in [7, 11) is 0. The third-order valence-electron chi connectivity index (χ3n) is 2.22. The smallest absolute Gasteiger partial charge is 0.0410 e. The molecule has 0 N–H and O–H groups in total. The Morgan fingerprint density at radius 1 is 1.31 bits per heavy atom. The van der Waals surface area contributed by atoms with Crippen molar-refractivity contribution in [2.24, 2.45) is 0 Å². The van der Waals surface area contributed by atoms with Crippen molar-refractivity contribution in [2.45, 2.75) is 12.8 Å². The molecule has 0 aromatic heterocycles. The van der Waals surface area contributed by atoms with Gasteiger partial charge in [0.2, 0.25) is 0 Å². The minimum atomic E-state index is 0.560. The predicted molar refractivity (Wildman–Crippen MR) is 59.5 cm³/mol. The fourth-order valence-corrected chi connectivity index (χ4v) is 1.92. The van der Waals surface area contributed by atoms with Crippen molar-refractivity contribution in [3.8, 4) is 0 Å². The molecule has 0 unspecified atom stereocenters. The van der Waals surface area contributed by atoms with Gasteiger partial charge in [-0.05, 0) is 37.6 Å². The summed E-state index contributed by atoms with van der Waals surface area (Å²) in [6, 6.07) is 0. The average molecular weight is 220 g/mol. The molecular formula is C10H15Cl2N. The first-order valence-corrected chi connectivity index (χ1v) is 5.58. The van der Waals surface area contributed by atoms with Crippen molar-refractivity contribution >= 4 is 23.2 Å². The van der Waals surface area contributed by atoms with Crippen LogP contribution >= 0.6 is 23.2 Å². The maximum Gasteiger partial charge on any atom is 0.0410 e. The molecule has 0 aliphatic carbocycles. The number of likely N-dealkylation sites (tertiary alicyclic amines) is 1. The minimum absolute atomic E-state index is 0.560. The normalized spacial score (nSPS) is 20.3. The Bertz CT molecular complexity index is 193. The summed E-state index contributed by atoms with van der Waals surface area (Å²) in [4.78, 5) is 2.43. The molecule has 1 aliphatic heterocycles. The molecule has 1 heterocycles. The molecule has 0 bridgehead atoms. The number of alkyl halides is 1. The first-order chi connectivity index (χ1) is 6.36. The van der Waals surface area contributed by atoms with Gasteiger partial charge in [-0.2, -0.15) is 0 Å². The maximum atomic E-state index is 5.65. The number of allylic oxidation sites excluding steroid dienone is 1. The van der Waals surface area contributed by atoms with Gasteiger partial charge in [0.15, 0.2) is 0 Å². The van der Waals surface area contributed by atoms with E-state index in [0.29, 0.717) is 5.88 Å². The van der Waals surface area contributed by atoms with Gasteiger partial charge < -0.3 is 0 Å². The van der Waals surface area contributed by atoms with Gasteiger partial charge in [0, 0.05) is 18.0 Å². The van der Waals surface area contributed by atoms with Gasteiger partial charge in [-0.1, -0.05) is 17.7 Å². The lowest BCUT2D eigenvalue weighted by Gasteiger charge is -2.14. The molecule has 1 saturated heterocycles. The Morgan fingerprint density at radius 2 is 2.00 bits per heavy atom. The second-order valence-corrected chi connectivity index (χ2v) is 3.77. The highest BCUT2D eigenvalue weighted by Crippen LogP contribution is 2.11. The Hall–Kier alpha value is 0.0200. The molecule has 1 rings (SSSR count). The molecule has 0 aromatic carbocycles. The van der Waals surface area contributed by atoms with Crippen LogP contribution in [0, 0.1) is 0 Å². The first-order valence-electron chi connectivity index (χ1n) is 4.61. The summed E-state index contributed by atoms with van der Waals surface area (Å²) >= 11 is 11.2. The second-order valence-electron chi connectivity index (χ2n) is 3.21. The Balaban J connectivity index is 2.41. The zero-order valence-corrected chi connectivity index (χ0v) is 9.19. The summed E-state index contributed by atoms with van der Waals surface area (Å²) < 4.78 is 0. The maximum absolute atomic E-state index is 5.65. The highest BCUT2D eigenvalue weighted by atomic mass is 35.5. The fourth-order valence-electron chi connectivity index (χ4n) is 1.56. The van der Waals surface area contributed by atoms with Gasteiger partial charge in [-0.15, -0.1) is 11.6 Å². The van der Waals surface area contributed by atoms with E-state index in [1.807, 2.05) is 12.2 Å². The largest absolute Gasteiger partial charge is 0.299 e. The summed E-state index contributed by atoms with van der Waals surface area (Å²) in [6.07, 6.45) is 6.57. The molecule has 1 aliphatic rings. The molecule has 13 heavy (non-hydrogen) atoms. The molecule has 0 saturated carbocycles. The third kappa shape index (κ3) is 4.17. The van der Waals surface area contributed by atoms with Crippen LogP contribution in [0.25, 0.3) is 0 Å². The van der Waals surface area contributed by atoms with Crippen molar-refractivity contribution in [3.63, 3.8) is 0 Å². The zero-order valence-electron chi connectivity index (χ0n) is 7.68. The molecule has 1 nitrogen and oxygen atoms in total. The van der Waals surface area contributed by atoms with E-state index in [1.54, 1.807) is 5.54 Å². The number of hydrogen-bond acceptors (Lipinski definition) is 1. The van der Waals surface area contributed by atoms with Crippen LogP contribution in [0.5, 0.6) is 0 Å². The van der Waals surface area contributed by atoms with Gasteiger partial charge >= 0.3 is 0 Å². The molecule has 0 atom stereocenters. The second kappa shape index (κ2) is 6.47. The van der Waals surface area contributed by atoms with Crippen LogP contribution in [0.3, 0.4) is 0 Å². The molecule has 74 valence electrons. The van der Waals surface area contributed by atoms with E-state index >= 15 is 0 Å². The summed E-state index contributed by atoms with van der Waals surface area (Å²) in [6.45, 7) is 3.39. The van der Waals surface area contributed by atoms with E-state index in [-0.39, 0.29) is 0 Å². The van der Waals surface area contributed by atoms with Crippen molar-refractivity contribution in [1.82, 2.24) is 4.90 Å². The Kier molecular flexibility index (Phi) is 5.52. The van der Waals surface area contributed by atoms with Gasteiger partial charge in [0.05, 0.1) is 0 Å². The van der Waals surface area contributed by atoms with Crippen molar-refractivity contribution in [2.75, 3.05) is 25.5 Å². The van der Waals surface area contributed by atoms with E-state index in [1.165, 1.54) is 31.5 Å². The Morgan fingerprint density at radius 3 is 2.54 bits per heavy atom. The van der Waals surface area contributed by atoms with E-state index in [0.717, 1.165) is 6.54 Å². The van der Waals surface area contributed by atoms with Crippen LogP contribution in [0.4, 0.5) is 0 Å². The van der Waals surface area contributed by atoms with E-state index in [2.05, 4.69) is 4.90 Å². The van der Waals surface area contributed by atoms with Crippen molar-refractivity contribution < 1.29 is 0 Å². The summed E-state index contributed by atoms with van der Waals surface area (Å²) in [5.74, 6) is 0.560. The van der Waals surface area contributed by atoms with Crippen molar-refractivity contribution in [3.05, 3.63) is 23.3 Å². The minimum Gasteiger partial charge on any atom is -0.299 e. The van der Waals surface area contributed by atoms with Crippen LogP contribution in [0.15, 0.2) is 23.3 Å². The number of halogens is 2. The van der Waals surface area contributed by atoms with Crippen molar-refractivity contribution in [1.29, 1.82) is 0 Å². The van der Waals surface area contributed by atoms with Gasteiger partial charge in [-0.3, -0.25) is 4.90 Å². The molecule has 0 amide bonds. The topological polar surface area (TPSA) is 3.24 Å². The van der Waals surface area contributed by atoms with E-state index < -0.39 is 0 Å². The fraction of sp³-hybridized carbons (Fsp3) is 0.600. The molecule has 1 fully saturated rings. The monoisotopic (exact) mass is 219 g/mol. The average Bonchev–Trinajstić information content (AvgIpc) is 2.58. The molecule has 0 spiro atoms. The number of nitrogens with zero attached hydrogens (tertiary/aromatic N) is 1. The highest BCUT2D eigenvalue weighted by molar-refractivity contribution is 6.25. The van der Waals surface area contributed by atoms with Gasteiger partial charge in [0.25, 0.3) is 0 Å². The van der Waals surface area contributed by atoms with Gasteiger partial charge in [0.1, 0.15) is 0 Å². The van der Waals surface area contributed by atoms with E-state index in [9.17, 15) is 0 Å². The Labute approximate surface area is 90.0 Å². The van der Waals surface area contributed by atoms with Crippen LogP contribution < -0.4 is 0 Å². The SMILES string of the molecule is Cl/C=C/C(=C\CCl)CN1CCCC1.